The van der Waals surface area contributed by atoms with E-state index >= 15 is 0 Å². The van der Waals surface area contributed by atoms with E-state index in [0.717, 1.165) is 10.9 Å². The maximum absolute atomic E-state index is 11.0. The summed E-state index contributed by atoms with van der Waals surface area (Å²) in [7, 11) is 0. The lowest BCUT2D eigenvalue weighted by Gasteiger charge is -2.09. The first-order valence-electron chi connectivity index (χ1n) is 5.04. The fourth-order valence-electron chi connectivity index (χ4n) is 1.77. The number of hydrogen-bond acceptors (Lipinski definition) is 3. The fourth-order valence-corrected chi connectivity index (χ4v) is 1.77. The number of aryl methyl sites for hydroxylation is 1. The number of nitrogens with two attached hydrogens (primary N) is 1. The molecule has 84 valence electrons. The molecule has 0 fully saturated rings. The van der Waals surface area contributed by atoms with Crippen LogP contribution in [0.5, 0.6) is 0 Å². The largest absolute Gasteiger partial charge is 0.481 e. The smallest absolute Gasteiger partial charge is 0.312 e. The highest BCUT2D eigenvalue weighted by Crippen LogP contribution is 2.25. The summed E-state index contributed by atoms with van der Waals surface area (Å²) in [5.41, 5.74) is 7.87. The van der Waals surface area contributed by atoms with Gasteiger partial charge in [-0.2, -0.15) is 0 Å². The second-order valence-electron chi connectivity index (χ2n) is 3.80. The highest BCUT2D eigenvalue weighted by molar-refractivity contribution is 5.84. The summed E-state index contributed by atoms with van der Waals surface area (Å²) in [6.45, 7) is 2.03. The van der Waals surface area contributed by atoms with E-state index in [1.165, 1.54) is 0 Å². The van der Waals surface area contributed by atoms with Gasteiger partial charge in [0.1, 0.15) is 5.58 Å². The van der Waals surface area contributed by atoms with Gasteiger partial charge in [0.2, 0.25) is 0 Å². The van der Waals surface area contributed by atoms with Crippen LogP contribution >= 0.6 is 0 Å². The molecule has 1 heterocycles. The number of rotatable bonds is 3. The predicted octanol–water partition coefficient (Wildman–Crippen LogP) is 1.87. The van der Waals surface area contributed by atoms with Gasteiger partial charge >= 0.3 is 5.97 Å². The van der Waals surface area contributed by atoms with E-state index in [0.29, 0.717) is 11.1 Å². The Kier molecular flexibility index (Phi) is 2.66. The Bertz CT molecular complexity index is 530. The maximum atomic E-state index is 11.0. The molecule has 0 aliphatic carbocycles. The SMILES string of the molecule is Cc1coc2cc(C(CN)C(=O)O)ccc12. The summed E-state index contributed by atoms with van der Waals surface area (Å²) in [5.74, 6) is -1.58. The molecule has 4 heteroatoms. The average molecular weight is 219 g/mol. The van der Waals surface area contributed by atoms with Crippen molar-refractivity contribution in [3.8, 4) is 0 Å². The van der Waals surface area contributed by atoms with E-state index in [4.69, 9.17) is 15.3 Å². The molecule has 3 N–H and O–H groups in total. The Balaban J connectivity index is 2.50. The van der Waals surface area contributed by atoms with Gasteiger partial charge in [-0.3, -0.25) is 4.79 Å². The van der Waals surface area contributed by atoms with E-state index in [1.807, 2.05) is 13.0 Å². The Morgan fingerprint density at radius 3 is 2.94 bits per heavy atom. The molecule has 1 aromatic heterocycles. The van der Waals surface area contributed by atoms with E-state index < -0.39 is 11.9 Å². The first-order valence-corrected chi connectivity index (χ1v) is 5.04. The Morgan fingerprint density at radius 2 is 2.31 bits per heavy atom. The van der Waals surface area contributed by atoms with Crippen LogP contribution in [0.3, 0.4) is 0 Å². The van der Waals surface area contributed by atoms with Crippen LogP contribution in [0.4, 0.5) is 0 Å². The van der Waals surface area contributed by atoms with E-state index in [2.05, 4.69) is 0 Å². The molecule has 16 heavy (non-hydrogen) atoms. The number of carboxylic acids is 1. The second kappa shape index (κ2) is 3.98. The number of hydrogen-bond donors (Lipinski definition) is 2. The Hall–Kier alpha value is -1.81. The number of carboxylic acid groups (broad SMARTS) is 1. The summed E-state index contributed by atoms with van der Waals surface area (Å²) in [6.07, 6.45) is 1.66. The maximum Gasteiger partial charge on any atom is 0.312 e. The van der Waals surface area contributed by atoms with Crippen LogP contribution < -0.4 is 5.73 Å². The molecule has 0 spiro atoms. The van der Waals surface area contributed by atoms with Crippen molar-refractivity contribution in [2.45, 2.75) is 12.8 Å². The topological polar surface area (TPSA) is 76.5 Å². The molecule has 0 aliphatic heterocycles. The van der Waals surface area contributed by atoms with Crippen LogP contribution in [0, 0.1) is 6.92 Å². The lowest BCUT2D eigenvalue weighted by atomic mass is 9.98. The van der Waals surface area contributed by atoms with E-state index in [-0.39, 0.29) is 6.54 Å². The first-order chi connectivity index (χ1) is 7.63. The molecule has 2 rings (SSSR count). The van der Waals surface area contributed by atoms with Gasteiger partial charge in [0, 0.05) is 11.9 Å². The molecule has 0 amide bonds. The zero-order chi connectivity index (χ0) is 11.7. The number of benzene rings is 1. The third kappa shape index (κ3) is 1.67. The fraction of sp³-hybridized carbons (Fsp3) is 0.250. The second-order valence-corrected chi connectivity index (χ2v) is 3.80. The van der Waals surface area contributed by atoms with Crippen LogP contribution in [-0.4, -0.2) is 17.6 Å². The minimum absolute atomic E-state index is 0.0839. The third-order valence-corrected chi connectivity index (χ3v) is 2.73. The van der Waals surface area contributed by atoms with Gasteiger partial charge in [0.25, 0.3) is 0 Å². The molecule has 1 aromatic carbocycles. The predicted molar refractivity (Wildman–Crippen MR) is 60.4 cm³/mol. The number of furan rings is 1. The normalized spacial score (nSPS) is 12.9. The summed E-state index contributed by atoms with van der Waals surface area (Å²) in [6, 6.07) is 5.40. The minimum atomic E-state index is -0.912. The quantitative estimate of drug-likeness (QED) is 0.826. The van der Waals surface area contributed by atoms with Crippen molar-refractivity contribution in [3.63, 3.8) is 0 Å². The van der Waals surface area contributed by atoms with Crippen molar-refractivity contribution in [1.82, 2.24) is 0 Å². The summed E-state index contributed by atoms with van der Waals surface area (Å²) < 4.78 is 5.33. The molecule has 0 bridgehead atoms. The van der Waals surface area contributed by atoms with Gasteiger partial charge in [-0.15, -0.1) is 0 Å². The van der Waals surface area contributed by atoms with Crippen LogP contribution in [0.2, 0.25) is 0 Å². The lowest BCUT2D eigenvalue weighted by molar-refractivity contribution is -0.138. The molecule has 4 nitrogen and oxygen atoms in total. The van der Waals surface area contributed by atoms with Crippen LogP contribution in [0.1, 0.15) is 17.0 Å². The molecule has 0 saturated carbocycles. The Labute approximate surface area is 92.7 Å². The van der Waals surface area contributed by atoms with Gasteiger partial charge in [0.15, 0.2) is 0 Å². The lowest BCUT2D eigenvalue weighted by Crippen LogP contribution is -2.20. The molecule has 0 aliphatic rings. The van der Waals surface area contributed by atoms with Gasteiger partial charge < -0.3 is 15.3 Å². The number of aliphatic carboxylic acids is 1. The highest BCUT2D eigenvalue weighted by Gasteiger charge is 2.18. The molecule has 1 unspecified atom stereocenters. The molecular weight excluding hydrogens is 206 g/mol. The van der Waals surface area contributed by atoms with Crippen LogP contribution in [-0.2, 0) is 4.79 Å². The first kappa shape index (κ1) is 10.7. The van der Waals surface area contributed by atoms with Gasteiger partial charge in [-0.05, 0) is 24.1 Å². The average Bonchev–Trinajstić information content (AvgIpc) is 2.61. The van der Waals surface area contributed by atoms with Crippen LogP contribution in [0.25, 0.3) is 11.0 Å². The van der Waals surface area contributed by atoms with Crippen LogP contribution in [0.15, 0.2) is 28.9 Å². The zero-order valence-electron chi connectivity index (χ0n) is 8.93. The number of carbonyl (C=O) groups is 1. The summed E-state index contributed by atoms with van der Waals surface area (Å²) in [5, 5.41) is 10.00. The van der Waals surface area contributed by atoms with Gasteiger partial charge in [-0.25, -0.2) is 0 Å². The Morgan fingerprint density at radius 1 is 1.56 bits per heavy atom. The third-order valence-electron chi connectivity index (χ3n) is 2.73. The van der Waals surface area contributed by atoms with Crippen molar-refractivity contribution >= 4 is 16.9 Å². The van der Waals surface area contributed by atoms with Crippen molar-refractivity contribution in [3.05, 3.63) is 35.6 Å². The minimum Gasteiger partial charge on any atom is -0.481 e. The zero-order valence-corrected chi connectivity index (χ0v) is 8.93. The number of fused-ring (bicyclic) bond motifs is 1. The van der Waals surface area contributed by atoms with E-state index in [1.54, 1.807) is 18.4 Å². The van der Waals surface area contributed by atoms with E-state index in [9.17, 15) is 4.79 Å². The van der Waals surface area contributed by atoms with Crippen molar-refractivity contribution in [1.29, 1.82) is 0 Å². The summed E-state index contributed by atoms with van der Waals surface area (Å²) >= 11 is 0. The van der Waals surface area contributed by atoms with Crippen molar-refractivity contribution in [2.24, 2.45) is 5.73 Å². The monoisotopic (exact) mass is 219 g/mol. The molecule has 0 radical (unpaired) electrons. The molecular formula is C12H13NO3. The van der Waals surface area contributed by atoms with Gasteiger partial charge in [0.05, 0.1) is 12.2 Å². The molecule has 1 atom stereocenters. The summed E-state index contributed by atoms with van der Waals surface area (Å²) in [4.78, 5) is 11.0. The molecule has 2 aromatic rings. The highest BCUT2D eigenvalue weighted by atomic mass is 16.4. The van der Waals surface area contributed by atoms with Crippen molar-refractivity contribution < 1.29 is 14.3 Å². The molecule has 0 saturated heterocycles. The standard InChI is InChI=1S/C12H13NO3/c1-7-6-16-11-4-8(2-3-9(7)11)10(5-13)12(14)15/h2-4,6,10H,5,13H2,1H3,(H,14,15). The van der Waals surface area contributed by atoms with Gasteiger partial charge in [-0.1, -0.05) is 12.1 Å². The van der Waals surface area contributed by atoms with Crippen molar-refractivity contribution in [2.75, 3.05) is 6.54 Å².